The molecule has 1 heterocycles. The van der Waals surface area contributed by atoms with Crippen molar-refractivity contribution in [2.75, 3.05) is 6.54 Å². The quantitative estimate of drug-likeness (QED) is 0.924. The van der Waals surface area contributed by atoms with Crippen molar-refractivity contribution in [3.8, 4) is 0 Å². The van der Waals surface area contributed by atoms with E-state index in [2.05, 4.69) is 30.4 Å². The lowest BCUT2D eigenvalue weighted by Gasteiger charge is -2.26. The molecule has 0 saturated heterocycles. The van der Waals surface area contributed by atoms with E-state index in [4.69, 9.17) is 0 Å². The molecule has 0 fully saturated rings. The lowest BCUT2D eigenvalue weighted by atomic mass is 9.89. The molecular formula is C18H19NO. The Labute approximate surface area is 119 Å². The Balaban J connectivity index is 1.84. The molecule has 0 radical (unpaired) electrons. The minimum Gasteiger partial charge on any atom is -0.303 e. The Morgan fingerprint density at radius 3 is 2.75 bits per heavy atom. The Morgan fingerprint density at radius 2 is 1.90 bits per heavy atom. The van der Waals surface area contributed by atoms with Gasteiger partial charge in [-0.25, -0.2) is 0 Å². The zero-order valence-electron chi connectivity index (χ0n) is 11.7. The van der Waals surface area contributed by atoms with Gasteiger partial charge in [0.2, 0.25) is 0 Å². The number of carbonyl (C=O) groups is 1. The predicted octanol–water partition coefficient (Wildman–Crippen LogP) is 2.99. The summed E-state index contributed by atoms with van der Waals surface area (Å²) in [6, 6.07) is 16.2. The smallest absolute Gasteiger partial charge is 0.158 e. The van der Waals surface area contributed by atoms with Crippen LogP contribution in [-0.2, 0) is 17.6 Å². The lowest BCUT2D eigenvalue weighted by molar-refractivity contribution is -0.120. The lowest BCUT2D eigenvalue weighted by Crippen LogP contribution is -2.35. The topological polar surface area (TPSA) is 29.1 Å². The molecule has 1 aliphatic rings. The third-order valence-electron chi connectivity index (χ3n) is 4.06. The summed E-state index contributed by atoms with van der Waals surface area (Å²) in [7, 11) is 0. The predicted molar refractivity (Wildman–Crippen MR) is 80.8 cm³/mol. The van der Waals surface area contributed by atoms with Crippen molar-refractivity contribution in [3.63, 3.8) is 0 Å². The molecule has 20 heavy (non-hydrogen) atoms. The summed E-state index contributed by atoms with van der Waals surface area (Å²) in [6.07, 6.45) is 1.50. The molecule has 2 aromatic carbocycles. The number of fused-ring (bicyclic) bond motifs is 1. The minimum absolute atomic E-state index is 0.153. The van der Waals surface area contributed by atoms with Crippen LogP contribution in [0.5, 0.6) is 0 Å². The number of hydrogen-bond donors (Lipinski definition) is 1. The maximum absolute atomic E-state index is 12.6. The molecule has 0 bridgehead atoms. The summed E-state index contributed by atoms with van der Waals surface area (Å²) >= 11 is 0. The van der Waals surface area contributed by atoms with Crippen LogP contribution in [0.2, 0.25) is 0 Å². The standard InChI is InChI=1S/C18H19NO/c1-13-6-2-3-8-15(13)12-17(20)18-16-9-5-4-7-14(16)10-11-19-18/h2-9,18-19H,10-12H2,1H3. The molecular weight excluding hydrogens is 246 g/mol. The van der Waals surface area contributed by atoms with Crippen LogP contribution < -0.4 is 5.32 Å². The number of benzene rings is 2. The van der Waals surface area contributed by atoms with Gasteiger partial charge in [-0.1, -0.05) is 48.5 Å². The summed E-state index contributed by atoms with van der Waals surface area (Å²) in [4.78, 5) is 12.6. The highest BCUT2D eigenvalue weighted by atomic mass is 16.1. The van der Waals surface area contributed by atoms with Crippen LogP contribution in [0.25, 0.3) is 0 Å². The molecule has 102 valence electrons. The van der Waals surface area contributed by atoms with Gasteiger partial charge in [-0.2, -0.15) is 0 Å². The fourth-order valence-electron chi connectivity index (χ4n) is 2.89. The first-order valence-electron chi connectivity index (χ1n) is 7.14. The highest BCUT2D eigenvalue weighted by Crippen LogP contribution is 2.24. The molecule has 0 saturated carbocycles. The van der Waals surface area contributed by atoms with E-state index in [0.29, 0.717) is 6.42 Å². The number of hydrogen-bond acceptors (Lipinski definition) is 2. The number of ketones is 1. The third kappa shape index (κ3) is 2.52. The first-order chi connectivity index (χ1) is 9.75. The number of nitrogens with one attached hydrogen (secondary N) is 1. The summed E-state index contributed by atoms with van der Waals surface area (Å²) in [5, 5.41) is 3.37. The molecule has 1 aliphatic heterocycles. The summed E-state index contributed by atoms with van der Waals surface area (Å²) in [6.45, 7) is 2.94. The van der Waals surface area contributed by atoms with E-state index in [-0.39, 0.29) is 11.8 Å². The average Bonchev–Trinajstić information content (AvgIpc) is 2.49. The second kappa shape index (κ2) is 5.59. The fourth-order valence-corrected chi connectivity index (χ4v) is 2.89. The van der Waals surface area contributed by atoms with Gasteiger partial charge in [0.05, 0.1) is 6.04 Å². The van der Waals surface area contributed by atoms with Crippen LogP contribution in [0.15, 0.2) is 48.5 Å². The van der Waals surface area contributed by atoms with Crippen LogP contribution in [-0.4, -0.2) is 12.3 Å². The van der Waals surface area contributed by atoms with E-state index in [1.54, 1.807) is 0 Å². The highest BCUT2D eigenvalue weighted by Gasteiger charge is 2.25. The van der Waals surface area contributed by atoms with Gasteiger partial charge in [-0.15, -0.1) is 0 Å². The van der Waals surface area contributed by atoms with Crippen molar-refractivity contribution in [1.82, 2.24) is 5.32 Å². The molecule has 1 atom stereocenters. The number of rotatable bonds is 3. The maximum Gasteiger partial charge on any atom is 0.158 e. The Hall–Kier alpha value is -1.93. The first kappa shape index (κ1) is 13.1. The second-order valence-corrected chi connectivity index (χ2v) is 5.41. The van der Waals surface area contributed by atoms with Crippen molar-refractivity contribution < 1.29 is 4.79 Å². The Kier molecular flexibility index (Phi) is 3.66. The van der Waals surface area contributed by atoms with Gasteiger partial charge in [-0.3, -0.25) is 4.79 Å². The SMILES string of the molecule is Cc1ccccc1CC(=O)C1NCCc2ccccc21. The van der Waals surface area contributed by atoms with E-state index < -0.39 is 0 Å². The molecule has 2 heteroatoms. The van der Waals surface area contributed by atoms with Crippen molar-refractivity contribution in [1.29, 1.82) is 0 Å². The normalized spacial score (nSPS) is 17.6. The fraction of sp³-hybridized carbons (Fsp3) is 0.278. The minimum atomic E-state index is -0.153. The van der Waals surface area contributed by atoms with Gasteiger partial charge in [-0.05, 0) is 35.6 Å². The summed E-state index contributed by atoms with van der Waals surface area (Å²) < 4.78 is 0. The number of Topliss-reactive ketones (excluding diaryl/α,β-unsaturated/α-hetero) is 1. The van der Waals surface area contributed by atoms with Crippen molar-refractivity contribution in [3.05, 3.63) is 70.8 Å². The van der Waals surface area contributed by atoms with Gasteiger partial charge < -0.3 is 5.32 Å². The number of aryl methyl sites for hydroxylation is 1. The van der Waals surface area contributed by atoms with Crippen molar-refractivity contribution >= 4 is 5.78 Å². The van der Waals surface area contributed by atoms with Crippen LogP contribution in [0.3, 0.4) is 0 Å². The van der Waals surface area contributed by atoms with Gasteiger partial charge >= 0.3 is 0 Å². The van der Waals surface area contributed by atoms with E-state index in [1.807, 2.05) is 30.3 Å². The molecule has 0 spiro atoms. The summed E-state index contributed by atoms with van der Waals surface area (Å²) in [5.74, 6) is 0.256. The van der Waals surface area contributed by atoms with Crippen LogP contribution >= 0.6 is 0 Å². The van der Waals surface area contributed by atoms with Crippen LogP contribution in [0.1, 0.15) is 28.3 Å². The zero-order chi connectivity index (χ0) is 13.9. The van der Waals surface area contributed by atoms with Gasteiger partial charge in [0, 0.05) is 13.0 Å². The van der Waals surface area contributed by atoms with Crippen molar-refractivity contribution in [2.24, 2.45) is 0 Å². The van der Waals surface area contributed by atoms with Crippen LogP contribution in [0.4, 0.5) is 0 Å². The molecule has 2 nitrogen and oxygen atoms in total. The molecule has 0 aliphatic carbocycles. The first-order valence-corrected chi connectivity index (χ1v) is 7.14. The largest absolute Gasteiger partial charge is 0.303 e. The maximum atomic E-state index is 12.6. The Morgan fingerprint density at radius 1 is 1.15 bits per heavy atom. The molecule has 1 unspecified atom stereocenters. The van der Waals surface area contributed by atoms with Gasteiger partial charge in [0.1, 0.15) is 0 Å². The molecule has 0 aromatic heterocycles. The monoisotopic (exact) mass is 265 g/mol. The zero-order valence-corrected chi connectivity index (χ0v) is 11.7. The Bertz CT molecular complexity index is 633. The van der Waals surface area contributed by atoms with Gasteiger partial charge in [0.25, 0.3) is 0 Å². The average molecular weight is 265 g/mol. The van der Waals surface area contributed by atoms with Gasteiger partial charge in [0.15, 0.2) is 5.78 Å². The third-order valence-corrected chi connectivity index (χ3v) is 4.06. The second-order valence-electron chi connectivity index (χ2n) is 5.41. The highest BCUT2D eigenvalue weighted by molar-refractivity contribution is 5.88. The molecule has 3 rings (SSSR count). The van der Waals surface area contributed by atoms with Crippen molar-refractivity contribution in [2.45, 2.75) is 25.8 Å². The molecule has 2 aromatic rings. The summed E-state index contributed by atoms with van der Waals surface area (Å²) in [5.41, 5.74) is 4.76. The number of carbonyl (C=O) groups excluding carboxylic acids is 1. The molecule has 1 N–H and O–H groups in total. The van der Waals surface area contributed by atoms with Crippen LogP contribution in [0, 0.1) is 6.92 Å². The van der Waals surface area contributed by atoms with E-state index in [1.165, 1.54) is 11.1 Å². The van der Waals surface area contributed by atoms with E-state index >= 15 is 0 Å². The van der Waals surface area contributed by atoms with E-state index in [0.717, 1.165) is 24.1 Å². The van der Waals surface area contributed by atoms with E-state index in [9.17, 15) is 4.79 Å². The molecule has 0 amide bonds.